The van der Waals surface area contributed by atoms with Crippen molar-refractivity contribution < 1.29 is 4.39 Å². The topological polar surface area (TPSA) is 80.1 Å². The lowest BCUT2D eigenvalue weighted by Crippen LogP contribution is -2.15. The van der Waals surface area contributed by atoms with Gasteiger partial charge in [0.25, 0.3) is 0 Å². The molecule has 0 saturated carbocycles. The summed E-state index contributed by atoms with van der Waals surface area (Å²) in [5, 5.41) is 7.50. The van der Waals surface area contributed by atoms with Gasteiger partial charge in [-0.2, -0.15) is 0 Å². The number of imidazole rings is 1. The van der Waals surface area contributed by atoms with Gasteiger partial charge in [0, 0.05) is 25.0 Å². The Labute approximate surface area is 141 Å². The van der Waals surface area contributed by atoms with Gasteiger partial charge in [0.2, 0.25) is 0 Å². The lowest BCUT2D eigenvalue weighted by molar-refractivity contribution is 0.627. The molecule has 0 amide bonds. The Bertz CT molecular complexity index is 778. The number of fused-ring (bicyclic) bond motifs is 1. The third kappa shape index (κ3) is 4.62. The first-order chi connectivity index (χ1) is 11.6. The van der Waals surface area contributed by atoms with Crippen molar-refractivity contribution in [3.63, 3.8) is 0 Å². The Morgan fingerprint density at radius 3 is 2.38 bits per heavy atom. The third-order valence-corrected chi connectivity index (χ3v) is 3.00. The highest BCUT2D eigenvalue weighted by molar-refractivity contribution is 5.93. The third-order valence-electron chi connectivity index (χ3n) is 3.00. The molecule has 0 unspecified atom stereocenters. The van der Waals surface area contributed by atoms with Gasteiger partial charge in [0.05, 0.1) is 5.69 Å². The first-order valence-corrected chi connectivity index (χ1v) is 8.05. The molecule has 128 valence electrons. The maximum atomic E-state index is 12.9. The van der Waals surface area contributed by atoms with Crippen LogP contribution in [0.5, 0.6) is 0 Å². The van der Waals surface area contributed by atoms with Crippen LogP contribution < -0.4 is 5.73 Å². The molecule has 0 aliphatic rings. The van der Waals surface area contributed by atoms with Crippen molar-refractivity contribution in [1.29, 1.82) is 5.41 Å². The zero-order chi connectivity index (χ0) is 18.1. The van der Waals surface area contributed by atoms with E-state index in [1.54, 1.807) is 35.1 Å². The molecule has 2 aromatic heterocycles. The minimum Gasteiger partial charge on any atom is -0.382 e. The fourth-order valence-electron chi connectivity index (χ4n) is 2.04. The molecule has 5 nitrogen and oxygen atoms in total. The van der Waals surface area contributed by atoms with Crippen LogP contribution in [0.3, 0.4) is 0 Å². The Morgan fingerprint density at radius 1 is 1.17 bits per heavy atom. The molecule has 1 aromatic carbocycles. The molecule has 3 rings (SSSR count). The van der Waals surface area contributed by atoms with Gasteiger partial charge in [0.15, 0.2) is 5.65 Å². The van der Waals surface area contributed by atoms with Crippen molar-refractivity contribution in [2.24, 2.45) is 5.73 Å². The predicted octanol–water partition coefficient (Wildman–Crippen LogP) is 3.80. The van der Waals surface area contributed by atoms with E-state index in [2.05, 4.69) is 9.97 Å². The summed E-state index contributed by atoms with van der Waals surface area (Å²) in [5.41, 5.74) is 8.22. The maximum Gasteiger partial charge on any atom is 0.158 e. The summed E-state index contributed by atoms with van der Waals surface area (Å²) in [6.07, 6.45) is 5.60. The number of nitrogen functional groups attached to an aromatic ring is 1. The van der Waals surface area contributed by atoms with Crippen LogP contribution in [0.2, 0.25) is 0 Å². The number of amidine groups is 1. The van der Waals surface area contributed by atoms with Crippen LogP contribution in [0, 0.1) is 11.2 Å². The average molecular weight is 329 g/mol. The van der Waals surface area contributed by atoms with Crippen LogP contribution in [-0.4, -0.2) is 20.2 Å². The number of hydrogen-bond acceptors (Lipinski definition) is 3. The number of nitrogens with zero attached hydrogens (tertiary/aromatic N) is 3. The first kappa shape index (κ1) is 19.3. The van der Waals surface area contributed by atoms with E-state index in [0.717, 1.165) is 5.56 Å². The zero-order valence-corrected chi connectivity index (χ0v) is 14.5. The highest BCUT2D eigenvalue weighted by Gasteiger charge is 2.10. The molecule has 24 heavy (non-hydrogen) atoms. The van der Waals surface area contributed by atoms with Crippen molar-refractivity contribution in [3.05, 3.63) is 65.6 Å². The Morgan fingerprint density at radius 2 is 1.79 bits per heavy atom. The van der Waals surface area contributed by atoms with Crippen molar-refractivity contribution in [2.75, 3.05) is 0 Å². The Balaban J connectivity index is 0.000000671. The summed E-state index contributed by atoms with van der Waals surface area (Å²) >= 11 is 0. The summed E-state index contributed by atoms with van der Waals surface area (Å²) in [6.45, 7) is 8.00. The fraction of sp³-hybridized carbons (Fsp3) is 0.278. The van der Waals surface area contributed by atoms with E-state index in [-0.39, 0.29) is 11.7 Å². The van der Waals surface area contributed by atoms with Gasteiger partial charge < -0.3 is 10.1 Å². The molecular formula is C18H24FN5. The van der Waals surface area contributed by atoms with Gasteiger partial charge in [0.1, 0.15) is 17.3 Å². The Hall–Kier alpha value is -2.76. The van der Waals surface area contributed by atoms with Crippen LogP contribution in [0.4, 0.5) is 4.39 Å². The second-order valence-corrected chi connectivity index (χ2v) is 4.45. The summed E-state index contributed by atoms with van der Waals surface area (Å²) in [5.74, 6) is -0.369. The molecule has 3 aromatic rings. The molecule has 0 saturated heterocycles. The van der Waals surface area contributed by atoms with Gasteiger partial charge in [-0.05, 0) is 17.7 Å². The zero-order valence-electron chi connectivity index (χ0n) is 14.5. The highest BCUT2D eigenvalue weighted by Crippen LogP contribution is 2.14. The fourth-order valence-corrected chi connectivity index (χ4v) is 2.04. The molecule has 0 aliphatic heterocycles. The minimum absolute atomic E-state index is 0.0963. The number of halogens is 1. The van der Waals surface area contributed by atoms with Crippen molar-refractivity contribution in [3.8, 4) is 0 Å². The van der Waals surface area contributed by atoms with E-state index in [1.807, 2.05) is 27.7 Å². The van der Waals surface area contributed by atoms with Gasteiger partial charge in [-0.3, -0.25) is 5.41 Å². The van der Waals surface area contributed by atoms with Crippen LogP contribution in [-0.2, 0) is 6.42 Å². The molecule has 0 fully saturated rings. The molecule has 2 heterocycles. The van der Waals surface area contributed by atoms with Gasteiger partial charge in [-0.1, -0.05) is 39.8 Å². The number of nitrogens with two attached hydrogens (primary N) is 1. The van der Waals surface area contributed by atoms with Gasteiger partial charge >= 0.3 is 0 Å². The molecule has 0 atom stereocenters. The number of rotatable bonds is 3. The van der Waals surface area contributed by atoms with E-state index in [4.69, 9.17) is 11.1 Å². The van der Waals surface area contributed by atoms with Gasteiger partial charge in [-0.15, -0.1) is 0 Å². The number of nitrogens with one attached hydrogen (secondary N) is 1. The lowest BCUT2D eigenvalue weighted by Gasteiger charge is -2.06. The Kier molecular flexibility index (Phi) is 7.55. The summed E-state index contributed by atoms with van der Waals surface area (Å²) in [7, 11) is 0. The van der Waals surface area contributed by atoms with E-state index in [9.17, 15) is 4.39 Å². The monoisotopic (exact) mass is 329 g/mol. The van der Waals surface area contributed by atoms with Crippen molar-refractivity contribution in [2.45, 2.75) is 34.1 Å². The van der Waals surface area contributed by atoms with Crippen LogP contribution in [0.15, 0.2) is 42.9 Å². The second kappa shape index (κ2) is 9.39. The molecule has 0 aliphatic carbocycles. The molecule has 3 N–H and O–H groups in total. The minimum atomic E-state index is -0.273. The van der Waals surface area contributed by atoms with Crippen molar-refractivity contribution in [1.82, 2.24) is 14.4 Å². The largest absolute Gasteiger partial charge is 0.382 e. The van der Waals surface area contributed by atoms with E-state index in [0.29, 0.717) is 23.5 Å². The molecule has 0 bridgehead atoms. The normalized spacial score (nSPS) is 9.54. The van der Waals surface area contributed by atoms with Crippen LogP contribution >= 0.6 is 0 Å². The van der Waals surface area contributed by atoms with E-state index in [1.165, 1.54) is 12.1 Å². The molecule has 6 heteroatoms. The van der Waals surface area contributed by atoms with Crippen molar-refractivity contribution >= 4 is 11.5 Å². The van der Waals surface area contributed by atoms with Crippen LogP contribution in [0.25, 0.3) is 5.65 Å². The molecule has 0 radical (unpaired) electrons. The second-order valence-electron chi connectivity index (χ2n) is 4.45. The number of hydrogen-bond donors (Lipinski definition) is 2. The number of aromatic nitrogens is 3. The smallest absolute Gasteiger partial charge is 0.158 e. The average Bonchev–Trinajstić information content (AvgIpc) is 3.09. The van der Waals surface area contributed by atoms with E-state index >= 15 is 0 Å². The van der Waals surface area contributed by atoms with Crippen LogP contribution in [0.1, 0.15) is 44.6 Å². The first-order valence-electron chi connectivity index (χ1n) is 8.05. The summed E-state index contributed by atoms with van der Waals surface area (Å²) in [4.78, 5) is 8.61. The quantitative estimate of drug-likeness (QED) is 0.566. The molecular weight excluding hydrogens is 305 g/mol. The number of benzene rings is 1. The highest BCUT2D eigenvalue weighted by atomic mass is 19.1. The summed E-state index contributed by atoms with van der Waals surface area (Å²) in [6, 6.07) is 6.23. The van der Waals surface area contributed by atoms with E-state index < -0.39 is 0 Å². The SMILES string of the molecule is CC.CC.N=C(N)c1cn2ccnc2c(Cc2ccc(F)cc2)n1. The standard InChI is InChI=1S/C14H12FN5.2C2H6/c15-10-3-1-9(2-4-10)7-11-14-18-5-6-20(14)8-12(19-11)13(16)17;2*1-2/h1-6,8H,7H2,(H3,16,17);2*1-2H3. The van der Waals surface area contributed by atoms with Gasteiger partial charge in [-0.25, -0.2) is 14.4 Å². The maximum absolute atomic E-state index is 12.9. The lowest BCUT2D eigenvalue weighted by atomic mass is 10.1. The molecule has 0 spiro atoms. The summed E-state index contributed by atoms with van der Waals surface area (Å²) < 4.78 is 14.7. The predicted molar refractivity (Wildman–Crippen MR) is 95.9 cm³/mol.